The number of carbonyl (C=O) groups is 3. The molecule has 7 N–H and O–H groups in total. The number of hydrogen-bond acceptors (Lipinski definition) is 6. The van der Waals surface area contributed by atoms with Crippen molar-refractivity contribution < 1.29 is 29.7 Å². The predicted octanol–water partition coefficient (Wildman–Crippen LogP) is 4.30. The minimum Gasteiger partial charge on any atom is -0.495 e. The lowest BCUT2D eigenvalue weighted by Crippen LogP contribution is -2.34. The molecule has 1 fully saturated rings. The highest BCUT2D eigenvalue weighted by Crippen LogP contribution is 2.34. The summed E-state index contributed by atoms with van der Waals surface area (Å²) < 4.78 is 0. The number of nitrogens with one attached hydrogen (secondary N) is 4. The van der Waals surface area contributed by atoms with Crippen LogP contribution in [0.25, 0.3) is 0 Å². The first kappa shape index (κ1) is 33.3. The molecule has 240 valence electrons. The highest BCUT2D eigenvalue weighted by Gasteiger charge is 2.41. The normalized spacial score (nSPS) is 24.0. The van der Waals surface area contributed by atoms with E-state index in [0.29, 0.717) is 32.1 Å². The van der Waals surface area contributed by atoms with E-state index < -0.39 is 11.9 Å². The number of thiol groups is 1. The Morgan fingerprint density at radius 2 is 1.39 bits per heavy atom. The second-order valence-electron chi connectivity index (χ2n) is 12.5. The minimum atomic E-state index is -0.881. The molecule has 0 radical (unpaired) electrons. The van der Waals surface area contributed by atoms with Gasteiger partial charge in [0.1, 0.15) is 0 Å². The van der Waals surface area contributed by atoms with Crippen molar-refractivity contribution in [1.29, 1.82) is 0 Å². The van der Waals surface area contributed by atoms with Gasteiger partial charge >= 0.3 is 11.9 Å². The van der Waals surface area contributed by atoms with Crippen LogP contribution in [0.3, 0.4) is 0 Å². The molecule has 1 amide bonds. The fraction of sp³-hybridized carbons (Fsp3) is 0.545. The number of carboxylic acid groups (broad SMARTS) is 2. The predicted molar refractivity (Wildman–Crippen MR) is 172 cm³/mol. The lowest BCUT2D eigenvalue weighted by molar-refractivity contribution is -0.138. The second kappa shape index (κ2) is 13.6. The number of hydrogen-bond donors (Lipinski definition) is 8. The molecule has 0 saturated carbocycles. The Labute approximate surface area is 264 Å². The van der Waals surface area contributed by atoms with Gasteiger partial charge in [-0.2, -0.15) is 12.6 Å². The first-order chi connectivity index (χ1) is 20.7. The van der Waals surface area contributed by atoms with Crippen LogP contribution in [0, 0.1) is 31.6 Å². The standard InChI is InChI=1S/C33H46N4O6S/c1-7-20-15(2)25(36-33(20)43)12-23-16(3)21(8-10-29(38)39)26(34-23)14-27-22(9-11-30(40)41)17(4)24(35-27)13-28-31(19(6)44)18(5)32(42)37-28/h7,15,18-19,25,28,31,34-36,43-44H,1,8-14H2,2-6H3,(H,37,42)(H,38,39)(H,40,41)/t15?,18-,19-,25-,28?,31+/m1/s1. The zero-order valence-electron chi connectivity index (χ0n) is 26.2. The largest absolute Gasteiger partial charge is 0.495 e. The molecule has 0 bridgehead atoms. The highest BCUT2D eigenvalue weighted by molar-refractivity contribution is 7.80. The number of carboxylic acids is 2. The molecule has 2 aliphatic heterocycles. The molecule has 1 saturated heterocycles. The quantitative estimate of drug-likeness (QED) is 0.145. The van der Waals surface area contributed by atoms with E-state index in [1.54, 1.807) is 6.08 Å². The van der Waals surface area contributed by atoms with Gasteiger partial charge in [0.15, 0.2) is 5.88 Å². The molecular weight excluding hydrogens is 580 g/mol. The number of aliphatic hydroxyl groups is 1. The van der Waals surface area contributed by atoms with Crippen molar-refractivity contribution in [3.8, 4) is 0 Å². The molecule has 4 heterocycles. The fourth-order valence-electron chi connectivity index (χ4n) is 7.19. The third-order valence-electron chi connectivity index (χ3n) is 9.77. The Bertz CT molecular complexity index is 1470. The van der Waals surface area contributed by atoms with Gasteiger partial charge in [-0.25, -0.2) is 0 Å². The number of allylic oxidation sites excluding steroid dienone is 1. The summed E-state index contributed by atoms with van der Waals surface area (Å²) in [5, 5.41) is 35.6. The smallest absolute Gasteiger partial charge is 0.303 e. The van der Waals surface area contributed by atoms with Crippen LogP contribution in [0.1, 0.15) is 78.6 Å². The van der Waals surface area contributed by atoms with Crippen molar-refractivity contribution in [2.45, 2.75) is 96.9 Å². The maximum absolute atomic E-state index is 12.6. The third kappa shape index (κ3) is 6.87. The average molecular weight is 627 g/mol. The molecule has 0 aromatic carbocycles. The van der Waals surface area contributed by atoms with Crippen molar-refractivity contribution in [2.75, 3.05) is 0 Å². The Morgan fingerprint density at radius 3 is 1.82 bits per heavy atom. The lowest BCUT2D eigenvalue weighted by atomic mass is 9.86. The fourth-order valence-corrected chi connectivity index (χ4v) is 7.65. The summed E-state index contributed by atoms with van der Waals surface area (Å²) in [5.41, 5.74) is 8.31. The van der Waals surface area contributed by atoms with E-state index in [-0.39, 0.29) is 59.7 Å². The maximum Gasteiger partial charge on any atom is 0.303 e. The molecular formula is C33H46N4O6S. The topological polar surface area (TPSA) is 168 Å². The summed E-state index contributed by atoms with van der Waals surface area (Å²) in [6, 6.07) is -0.156. The summed E-state index contributed by atoms with van der Waals surface area (Å²) >= 11 is 4.67. The van der Waals surface area contributed by atoms with Gasteiger partial charge in [-0.1, -0.05) is 33.4 Å². The molecule has 10 nitrogen and oxygen atoms in total. The maximum atomic E-state index is 12.6. The summed E-state index contributed by atoms with van der Waals surface area (Å²) in [6.07, 6.45) is 3.95. The van der Waals surface area contributed by atoms with Crippen molar-refractivity contribution >= 4 is 30.5 Å². The molecule has 0 aliphatic carbocycles. The number of aliphatic carboxylic acids is 2. The zero-order valence-corrected chi connectivity index (χ0v) is 27.1. The minimum absolute atomic E-state index is 0.0173. The van der Waals surface area contributed by atoms with Gasteiger partial charge in [-0.05, 0) is 48.9 Å². The Balaban J connectivity index is 1.69. The Kier molecular flexibility index (Phi) is 10.3. The molecule has 6 atom stereocenters. The van der Waals surface area contributed by atoms with Crippen LogP contribution in [-0.2, 0) is 46.5 Å². The molecule has 44 heavy (non-hydrogen) atoms. The Hall–Kier alpha value is -3.60. The number of H-pyrrole nitrogens is 2. The van der Waals surface area contributed by atoms with Crippen LogP contribution in [0.5, 0.6) is 0 Å². The van der Waals surface area contributed by atoms with Gasteiger partial charge < -0.3 is 35.9 Å². The first-order valence-electron chi connectivity index (χ1n) is 15.4. The van der Waals surface area contributed by atoms with E-state index in [1.165, 1.54) is 0 Å². The SMILES string of the molecule is C=CC1=C(O)N[C@H](Cc2[nH]c(Cc3[nH]c(CC4NC(=O)[C@H](C)[C@H]4[C@@H](C)S)c(C)c3CCC(=O)O)c(CCC(=O)O)c2C)C1C. The summed E-state index contributed by atoms with van der Waals surface area (Å²) in [6.45, 7) is 13.8. The number of amides is 1. The third-order valence-corrected chi connectivity index (χ3v) is 10.1. The van der Waals surface area contributed by atoms with Gasteiger partial charge in [0.2, 0.25) is 5.91 Å². The van der Waals surface area contributed by atoms with Gasteiger partial charge in [-0.15, -0.1) is 0 Å². The van der Waals surface area contributed by atoms with E-state index in [9.17, 15) is 29.7 Å². The highest BCUT2D eigenvalue weighted by atomic mass is 32.1. The van der Waals surface area contributed by atoms with Gasteiger partial charge in [-0.3, -0.25) is 14.4 Å². The molecule has 2 aliphatic rings. The molecule has 4 rings (SSSR count). The zero-order chi connectivity index (χ0) is 32.5. The van der Waals surface area contributed by atoms with Gasteiger partial charge in [0.25, 0.3) is 0 Å². The number of aliphatic hydroxyl groups excluding tert-OH is 1. The van der Waals surface area contributed by atoms with Crippen LogP contribution < -0.4 is 10.6 Å². The number of aromatic amines is 2. The van der Waals surface area contributed by atoms with Gasteiger partial charge in [0.05, 0.1) is 0 Å². The van der Waals surface area contributed by atoms with Gasteiger partial charge in [0, 0.05) is 95.5 Å². The van der Waals surface area contributed by atoms with Crippen LogP contribution >= 0.6 is 12.6 Å². The number of rotatable bonds is 14. The number of carbonyl (C=O) groups excluding carboxylic acids is 1. The van der Waals surface area contributed by atoms with E-state index in [1.807, 2.05) is 34.6 Å². The van der Waals surface area contributed by atoms with Crippen LogP contribution in [0.4, 0.5) is 0 Å². The summed E-state index contributed by atoms with van der Waals surface area (Å²) in [7, 11) is 0. The first-order valence-corrected chi connectivity index (χ1v) is 15.9. The molecule has 11 heteroatoms. The summed E-state index contributed by atoms with van der Waals surface area (Å²) in [5.74, 6) is -1.67. The van der Waals surface area contributed by atoms with Crippen molar-refractivity contribution in [2.24, 2.45) is 17.8 Å². The van der Waals surface area contributed by atoms with E-state index in [4.69, 9.17) is 0 Å². The van der Waals surface area contributed by atoms with E-state index in [0.717, 1.165) is 50.6 Å². The van der Waals surface area contributed by atoms with Crippen LogP contribution in [-0.4, -0.2) is 60.5 Å². The second-order valence-corrected chi connectivity index (χ2v) is 13.3. The monoisotopic (exact) mass is 626 g/mol. The van der Waals surface area contributed by atoms with Crippen molar-refractivity contribution in [3.63, 3.8) is 0 Å². The molecule has 0 spiro atoms. The summed E-state index contributed by atoms with van der Waals surface area (Å²) in [4.78, 5) is 42.9. The van der Waals surface area contributed by atoms with Crippen LogP contribution in [0.2, 0.25) is 0 Å². The van der Waals surface area contributed by atoms with Crippen LogP contribution in [0.15, 0.2) is 24.1 Å². The number of aromatic nitrogens is 2. The van der Waals surface area contributed by atoms with E-state index >= 15 is 0 Å². The van der Waals surface area contributed by atoms with Crippen molar-refractivity contribution in [1.82, 2.24) is 20.6 Å². The van der Waals surface area contributed by atoms with Crippen molar-refractivity contribution in [3.05, 3.63) is 69.1 Å². The molecule has 2 aromatic rings. The Morgan fingerprint density at radius 1 is 0.886 bits per heavy atom. The molecule has 2 aromatic heterocycles. The average Bonchev–Trinajstić information content (AvgIpc) is 3.59. The van der Waals surface area contributed by atoms with E-state index in [2.05, 4.69) is 39.8 Å². The lowest BCUT2D eigenvalue weighted by Gasteiger charge is -2.24. The molecule has 2 unspecified atom stereocenters.